The summed E-state index contributed by atoms with van der Waals surface area (Å²) in [5.41, 5.74) is 6.46. The largest absolute Gasteiger partial charge is 0.508 e. The van der Waals surface area contributed by atoms with Crippen molar-refractivity contribution < 1.29 is 10.2 Å². The van der Waals surface area contributed by atoms with Gasteiger partial charge in [-0.05, 0) is 24.1 Å². The fourth-order valence-corrected chi connectivity index (χ4v) is 1.15. The highest BCUT2D eigenvalue weighted by Crippen LogP contribution is 2.25. The first-order valence-electron chi connectivity index (χ1n) is 4.03. The highest BCUT2D eigenvalue weighted by Gasteiger charge is 2.06. The maximum Gasteiger partial charge on any atom is 0.119 e. The molecular formula is C10H13NO2. The minimum Gasteiger partial charge on any atom is -0.508 e. The molecule has 0 spiro atoms. The van der Waals surface area contributed by atoms with Gasteiger partial charge >= 0.3 is 0 Å². The molecule has 70 valence electrons. The van der Waals surface area contributed by atoms with Crippen molar-refractivity contribution >= 4 is 0 Å². The molecule has 0 heterocycles. The first kappa shape index (κ1) is 9.61. The van der Waals surface area contributed by atoms with E-state index in [9.17, 15) is 0 Å². The van der Waals surface area contributed by atoms with Crippen LogP contribution in [-0.2, 0) is 0 Å². The summed E-state index contributed by atoms with van der Waals surface area (Å²) in [4.78, 5) is 0. The van der Waals surface area contributed by atoms with Gasteiger partial charge in [0.1, 0.15) is 11.5 Å². The van der Waals surface area contributed by atoms with E-state index in [4.69, 9.17) is 15.9 Å². The van der Waals surface area contributed by atoms with Crippen LogP contribution >= 0.6 is 0 Å². The van der Waals surface area contributed by atoms with Gasteiger partial charge in [-0.15, -0.1) is 6.58 Å². The normalized spacial score (nSPS) is 12.4. The van der Waals surface area contributed by atoms with E-state index in [0.29, 0.717) is 12.0 Å². The molecule has 1 aromatic rings. The molecule has 0 saturated heterocycles. The van der Waals surface area contributed by atoms with Crippen molar-refractivity contribution in [2.24, 2.45) is 5.73 Å². The Balaban J connectivity index is 2.93. The van der Waals surface area contributed by atoms with E-state index in [1.807, 2.05) is 0 Å². The SMILES string of the molecule is C=CCC(N)c1cc(O)cc(O)c1. The molecule has 3 heteroatoms. The van der Waals surface area contributed by atoms with Gasteiger partial charge in [0, 0.05) is 12.1 Å². The first-order valence-corrected chi connectivity index (χ1v) is 4.03. The molecule has 0 fully saturated rings. The zero-order valence-electron chi connectivity index (χ0n) is 7.27. The Morgan fingerprint density at radius 1 is 1.31 bits per heavy atom. The zero-order valence-corrected chi connectivity index (χ0v) is 7.27. The van der Waals surface area contributed by atoms with Crippen LogP contribution in [0.2, 0.25) is 0 Å². The molecule has 0 amide bonds. The van der Waals surface area contributed by atoms with E-state index in [2.05, 4.69) is 6.58 Å². The van der Waals surface area contributed by atoms with Crippen LogP contribution in [0.3, 0.4) is 0 Å². The molecular weight excluding hydrogens is 166 g/mol. The molecule has 0 aliphatic rings. The van der Waals surface area contributed by atoms with Crippen LogP contribution in [0.1, 0.15) is 18.0 Å². The van der Waals surface area contributed by atoms with E-state index < -0.39 is 0 Å². The smallest absolute Gasteiger partial charge is 0.119 e. The van der Waals surface area contributed by atoms with Crippen LogP contribution in [0.15, 0.2) is 30.9 Å². The van der Waals surface area contributed by atoms with Gasteiger partial charge in [-0.25, -0.2) is 0 Å². The van der Waals surface area contributed by atoms with Crippen molar-refractivity contribution in [3.8, 4) is 11.5 Å². The van der Waals surface area contributed by atoms with Crippen LogP contribution in [0.4, 0.5) is 0 Å². The summed E-state index contributed by atoms with van der Waals surface area (Å²) in [5.74, 6) is 0.0454. The third-order valence-electron chi connectivity index (χ3n) is 1.77. The minimum atomic E-state index is -0.226. The monoisotopic (exact) mass is 179 g/mol. The topological polar surface area (TPSA) is 66.5 Å². The van der Waals surface area contributed by atoms with Crippen molar-refractivity contribution in [3.63, 3.8) is 0 Å². The van der Waals surface area contributed by atoms with Crippen LogP contribution in [0.5, 0.6) is 11.5 Å². The fraction of sp³-hybridized carbons (Fsp3) is 0.200. The lowest BCUT2D eigenvalue weighted by molar-refractivity contribution is 0.448. The minimum absolute atomic E-state index is 0.0227. The molecule has 1 unspecified atom stereocenters. The van der Waals surface area contributed by atoms with E-state index in [1.54, 1.807) is 6.08 Å². The summed E-state index contributed by atoms with van der Waals surface area (Å²) >= 11 is 0. The maximum atomic E-state index is 9.17. The summed E-state index contributed by atoms with van der Waals surface area (Å²) < 4.78 is 0. The molecule has 4 N–H and O–H groups in total. The van der Waals surface area contributed by atoms with Crippen LogP contribution in [0, 0.1) is 0 Å². The maximum absolute atomic E-state index is 9.17. The van der Waals surface area contributed by atoms with E-state index in [1.165, 1.54) is 18.2 Å². The number of phenols is 2. The Labute approximate surface area is 77.1 Å². The Kier molecular flexibility index (Phi) is 2.93. The summed E-state index contributed by atoms with van der Waals surface area (Å²) in [6, 6.07) is 4.11. The number of hydrogen-bond donors (Lipinski definition) is 3. The molecule has 3 nitrogen and oxygen atoms in total. The molecule has 1 rings (SSSR count). The summed E-state index contributed by atoms with van der Waals surface area (Å²) in [6.07, 6.45) is 2.31. The molecule has 13 heavy (non-hydrogen) atoms. The Bertz CT molecular complexity index is 290. The van der Waals surface area contributed by atoms with Crippen molar-refractivity contribution in [2.75, 3.05) is 0 Å². The third kappa shape index (κ3) is 2.49. The number of rotatable bonds is 3. The van der Waals surface area contributed by atoms with Crippen molar-refractivity contribution in [1.29, 1.82) is 0 Å². The van der Waals surface area contributed by atoms with E-state index in [-0.39, 0.29) is 17.5 Å². The Morgan fingerprint density at radius 3 is 2.31 bits per heavy atom. The summed E-state index contributed by atoms with van der Waals surface area (Å²) in [5, 5.41) is 18.3. The second-order valence-corrected chi connectivity index (χ2v) is 2.91. The van der Waals surface area contributed by atoms with E-state index in [0.717, 1.165) is 0 Å². The molecule has 0 aliphatic carbocycles. The number of benzene rings is 1. The number of hydrogen-bond acceptors (Lipinski definition) is 3. The van der Waals surface area contributed by atoms with Gasteiger partial charge < -0.3 is 15.9 Å². The van der Waals surface area contributed by atoms with Gasteiger partial charge in [0.25, 0.3) is 0 Å². The van der Waals surface area contributed by atoms with Crippen LogP contribution in [-0.4, -0.2) is 10.2 Å². The van der Waals surface area contributed by atoms with Gasteiger partial charge in [0.05, 0.1) is 0 Å². The highest BCUT2D eigenvalue weighted by atomic mass is 16.3. The van der Waals surface area contributed by atoms with Gasteiger partial charge in [0.2, 0.25) is 0 Å². The second kappa shape index (κ2) is 3.96. The van der Waals surface area contributed by atoms with Gasteiger partial charge in [-0.2, -0.15) is 0 Å². The average molecular weight is 179 g/mol. The van der Waals surface area contributed by atoms with Crippen molar-refractivity contribution in [3.05, 3.63) is 36.4 Å². The average Bonchev–Trinajstić information content (AvgIpc) is 2.03. The predicted octanol–water partition coefficient (Wildman–Crippen LogP) is 1.67. The molecule has 0 saturated carbocycles. The molecule has 0 aliphatic heterocycles. The predicted molar refractivity (Wildman–Crippen MR) is 51.5 cm³/mol. The summed E-state index contributed by atoms with van der Waals surface area (Å²) in [6.45, 7) is 3.57. The van der Waals surface area contributed by atoms with Gasteiger partial charge in [-0.1, -0.05) is 6.08 Å². The quantitative estimate of drug-likeness (QED) is 0.618. The first-order chi connectivity index (χ1) is 6.13. The van der Waals surface area contributed by atoms with Crippen LogP contribution in [0.25, 0.3) is 0 Å². The van der Waals surface area contributed by atoms with Crippen LogP contribution < -0.4 is 5.73 Å². The lowest BCUT2D eigenvalue weighted by Crippen LogP contribution is -2.08. The lowest BCUT2D eigenvalue weighted by Gasteiger charge is -2.09. The number of nitrogens with two attached hydrogens (primary N) is 1. The third-order valence-corrected chi connectivity index (χ3v) is 1.77. The molecule has 0 bridgehead atoms. The second-order valence-electron chi connectivity index (χ2n) is 2.91. The number of aromatic hydroxyl groups is 2. The van der Waals surface area contributed by atoms with Gasteiger partial charge in [-0.3, -0.25) is 0 Å². The molecule has 1 aromatic carbocycles. The Morgan fingerprint density at radius 2 is 1.85 bits per heavy atom. The molecule has 0 radical (unpaired) electrons. The Hall–Kier alpha value is -1.48. The molecule has 0 aromatic heterocycles. The molecule has 1 atom stereocenters. The van der Waals surface area contributed by atoms with Gasteiger partial charge in [0.15, 0.2) is 0 Å². The fourth-order valence-electron chi connectivity index (χ4n) is 1.15. The highest BCUT2D eigenvalue weighted by molar-refractivity contribution is 5.38. The van der Waals surface area contributed by atoms with Crippen molar-refractivity contribution in [2.45, 2.75) is 12.5 Å². The standard InChI is InChI=1S/C10H13NO2/c1-2-3-10(11)7-4-8(12)6-9(13)5-7/h2,4-6,10,12-13H,1,3,11H2. The zero-order chi connectivity index (χ0) is 9.84. The lowest BCUT2D eigenvalue weighted by atomic mass is 10.0. The number of phenolic OH excluding ortho intramolecular Hbond substituents is 2. The van der Waals surface area contributed by atoms with E-state index >= 15 is 0 Å². The summed E-state index contributed by atoms with van der Waals surface area (Å²) in [7, 11) is 0. The van der Waals surface area contributed by atoms with Crippen molar-refractivity contribution in [1.82, 2.24) is 0 Å².